The highest BCUT2D eigenvalue weighted by Gasteiger charge is 2.33. The van der Waals surface area contributed by atoms with E-state index in [2.05, 4.69) is 21.2 Å². The topological polar surface area (TPSA) is 104 Å². The highest BCUT2D eigenvalue weighted by molar-refractivity contribution is 9.10. The lowest BCUT2D eigenvalue weighted by molar-refractivity contribution is -0.140. The maximum atomic E-state index is 14.1. The Morgan fingerprint density at radius 1 is 0.900 bits per heavy atom. The number of hydrogen-bond acceptors (Lipinski definition) is 5. The molecule has 0 saturated heterocycles. The summed E-state index contributed by atoms with van der Waals surface area (Å²) in [6, 6.07) is 21.8. The molecule has 0 aromatic heterocycles. The second-order valence-corrected chi connectivity index (χ2v) is 12.7. The lowest BCUT2D eigenvalue weighted by atomic mass is 10.0. The second kappa shape index (κ2) is 13.7. The van der Waals surface area contributed by atoms with E-state index in [0.717, 1.165) is 26.2 Å². The van der Waals surface area contributed by atoms with Crippen molar-refractivity contribution in [3.8, 4) is 0 Å². The quantitative estimate of drug-likeness (QED) is 0.296. The number of carbonyl (C=O) groups is 3. The molecule has 1 N–H and O–H groups in total. The van der Waals surface area contributed by atoms with Gasteiger partial charge in [0.25, 0.3) is 0 Å². The van der Waals surface area contributed by atoms with Gasteiger partial charge in [-0.2, -0.15) is 0 Å². The number of hydrogen-bond donors (Lipinski definition) is 1. The molecule has 10 heteroatoms. The second-order valence-electron chi connectivity index (χ2n) is 9.90. The van der Waals surface area contributed by atoms with Crippen LogP contribution in [0.5, 0.6) is 0 Å². The standard InChI is InChI=1S/C30H34BrN3O5S/c1-21(2)32-30(37)28(17-23-10-6-5-7-11-23)33(19-24-12-8-14-26(31)16-24)29(36)20-34(40(4,38)39)27-15-9-13-25(18-27)22(3)35/h5-16,18,21,28H,17,19-20H2,1-4H3,(H,32,37)/t28-/m1/s1. The van der Waals surface area contributed by atoms with Crippen molar-refractivity contribution in [2.75, 3.05) is 17.1 Å². The van der Waals surface area contributed by atoms with E-state index in [1.165, 1.54) is 24.0 Å². The number of nitrogens with zero attached hydrogens (tertiary/aromatic N) is 2. The van der Waals surface area contributed by atoms with Gasteiger partial charge in [0.15, 0.2) is 5.78 Å². The van der Waals surface area contributed by atoms with Crippen molar-refractivity contribution in [1.29, 1.82) is 0 Å². The van der Waals surface area contributed by atoms with Crippen LogP contribution in [0.4, 0.5) is 5.69 Å². The lowest BCUT2D eigenvalue weighted by Crippen LogP contribution is -2.54. The monoisotopic (exact) mass is 627 g/mol. The number of benzene rings is 3. The van der Waals surface area contributed by atoms with Gasteiger partial charge >= 0.3 is 0 Å². The van der Waals surface area contributed by atoms with Crippen LogP contribution in [0.2, 0.25) is 0 Å². The fourth-order valence-corrected chi connectivity index (χ4v) is 5.55. The van der Waals surface area contributed by atoms with Crippen LogP contribution in [0.1, 0.15) is 42.3 Å². The minimum atomic E-state index is -3.93. The van der Waals surface area contributed by atoms with E-state index in [1.54, 1.807) is 12.1 Å². The third-order valence-electron chi connectivity index (χ3n) is 6.16. The Morgan fingerprint density at radius 3 is 2.15 bits per heavy atom. The van der Waals surface area contributed by atoms with Crippen LogP contribution >= 0.6 is 15.9 Å². The zero-order chi connectivity index (χ0) is 29.4. The minimum Gasteiger partial charge on any atom is -0.352 e. The number of amides is 2. The number of rotatable bonds is 12. The van der Waals surface area contributed by atoms with Crippen molar-refractivity contribution in [2.24, 2.45) is 0 Å². The molecule has 2 amide bonds. The zero-order valence-electron chi connectivity index (χ0n) is 23.0. The summed E-state index contributed by atoms with van der Waals surface area (Å²) in [6.45, 7) is 4.59. The Kier molecular flexibility index (Phi) is 10.6. The van der Waals surface area contributed by atoms with E-state index < -0.39 is 28.5 Å². The van der Waals surface area contributed by atoms with Crippen LogP contribution in [-0.4, -0.2) is 55.8 Å². The zero-order valence-corrected chi connectivity index (χ0v) is 25.4. The molecule has 3 aromatic rings. The molecular weight excluding hydrogens is 594 g/mol. The smallest absolute Gasteiger partial charge is 0.244 e. The molecule has 0 spiro atoms. The normalized spacial score (nSPS) is 12.1. The maximum Gasteiger partial charge on any atom is 0.244 e. The van der Waals surface area contributed by atoms with E-state index in [4.69, 9.17) is 0 Å². The molecule has 0 aliphatic heterocycles. The third kappa shape index (κ3) is 8.76. The van der Waals surface area contributed by atoms with Gasteiger partial charge in [-0.25, -0.2) is 8.42 Å². The van der Waals surface area contributed by atoms with E-state index in [0.29, 0.717) is 5.56 Å². The molecule has 1 atom stereocenters. The lowest BCUT2D eigenvalue weighted by Gasteiger charge is -2.34. The van der Waals surface area contributed by atoms with Crippen LogP contribution in [-0.2, 0) is 32.6 Å². The Morgan fingerprint density at radius 2 is 1.55 bits per heavy atom. The van der Waals surface area contributed by atoms with Crippen molar-refractivity contribution in [2.45, 2.75) is 45.8 Å². The Bertz CT molecular complexity index is 1460. The van der Waals surface area contributed by atoms with Crippen LogP contribution in [0.15, 0.2) is 83.3 Å². The molecule has 0 radical (unpaired) electrons. The summed E-state index contributed by atoms with van der Waals surface area (Å²) in [4.78, 5) is 41.0. The number of anilines is 1. The summed E-state index contributed by atoms with van der Waals surface area (Å²) >= 11 is 3.46. The van der Waals surface area contributed by atoms with Crippen molar-refractivity contribution in [3.63, 3.8) is 0 Å². The Labute approximate surface area is 244 Å². The Hall–Kier alpha value is -3.50. The van der Waals surface area contributed by atoms with Gasteiger partial charge in [-0.15, -0.1) is 0 Å². The summed E-state index contributed by atoms with van der Waals surface area (Å²) in [5, 5.41) is 2.92. The summed E-state index contributed by atoms with van der Waals surface area (Å²) in [7, 11) is -3.93. The average Bonchev–Trinajstić information content (AvgIpc) is 2.88. The first kappa shape index (κ1) is 31.0. The first-order valence-corrected chi connectivity index (χ1v) is 15.5. The SMILES string of the molecule is CC(=O)c1cccc(N(CC(=O)N(Cc2cccc(Br)c2)[C@H](Cc2ccccc2)C(=O)NC(C)C)S(C)(=O)=O)c1. The van der Waals surface area contributed by atoms with Gasteiger partial charge in [0, 0.05) is 29.0 Å². The summed E-state index contributed by atoms with van der Waals surface area (Å²) in [5.74, 6) is -1.13. The first-order valence-electron chi connectivity index (χ1n) is 12.8. The van der Waals surface area contributed by atoms with Crippen LogP contribution in [0.3, 0.4) is 0 Å². The van der Waals surface area contributed by atoms with Crippen molar-refractivity contribution >= 4 is 49.2 Å². The van der Waals surface area contributed by atoms with Gasteiger partial charge in [-0.1, -0.05) is 70.5 Å². The van der Waals surface area contributed by atoms with E-state index in [-0.39, 0.29) is 36.4 Å². The van der Waals surface area contributed by atoms with E-state index in [1.807, 2.05) is 68.4 Å². The molecule has 0 aliphatic rings. The van der Waals surface area contributed by atoms with Crippen LogP contribution < -0.4 is 9.62 Å². The molecule has 0 saturated carbocycles. The fraction of sp³-hybridized carbons (Fsp3) is 0.300. The van der Waals surface area contributed by atoms with Gasteiger partial charge in [0.2, 0.25) is 21.8 Å². The van der Waals surface area contributed by atoms with E-state index in [9.17, 15) is 22.8 Å². The number of sulfonamides is 1. The van der Waals surface area contributed by atoms with E-state index >= 15 is 0 Å². The van der Waals surface area contributed by atoms with Crippen molar-refractivity contribution < 1.29 is 22.8 Å². The molecular formula is C30H34BrN3O5S. The predicted octanol–water partition coefficient (Wildman–Crippen LogP) is 4.58. The maximum absolute atomic E-state index is 14.1. The summed E-state index contributed by atoms with van der Waals surface area (Å²) < 4.78 is 27.6. The number of halogens is 1. The molecule has 40 heavy (non-hydrogen) atoms. The van der Waals surface area contributed by atoms with Gasteiger partial charge < -0.3 is 10.2 Å². The molecule has 0 heterocycles. The predicted molar refractivity (Wildman–Crippen MR) is 161 cm³/mol. The highest BCUT2D eigenvalue weighted by Crippen LogP contribution is 2.22. The van der Waals surface area contributed by atoms with Gasteiger partial charge in [-0.05, 0) is 56.2 Å². The molecule has 3 aromatic carbocycles. The fourth-order valence-electron chi connectivity index (χ4n) is 4.26. The van der Waals surface area contributed by atoms with Crippen LogP contribution in [0.25, 0.3) is 0 Å². The van der Waals surface area contributed by atoms with Crippen LogP contribution in [0, 0.1) is 0 Å². The Balaban J connectivity index is 2.07. The molecule has 8 nitrogen and oxygen atoms in total. The average molecular weight is 629 g/mol. The first-order chi connectivity index (χ1) is 18.8. The number of nitrogens with one attached hydrogen (secondary N) is 1. The van der Waals surface area contributed by atoms with Gasteiger partial charge in [0.05, 0.1) is 11.9 Å². The molecule has 0 aliphatic carbocycles. The van der Waals surface area contributed by atoms with Gasteiger partial charge in [0.1, 0.15) is 12.6 Å². The number of carbonyl (C=O) groups excluding carboxylic acids is 3. The molecule has 0 bridgehead atoms. The largest absolute Gasteiger partial charge is 0.352 e. The van der Waals surface area contributed by atoms with Crippen molar-refractivity contribution in [1.82, 2.24) is 10.2 Å². The van der Waals surface area contributed by atoms with Crippen molar-refractivity contribution in [3.05, 3.63) is 100 Å². The number of ketones is 1. The summed E-state index contributed by atoms with van der Waals surface area (Å²) in [5.41, 5.74) is 2.13. The third-order valence-corrected chi connectivity index (χ3v) is 7.80. The number of Topliss-reactive ketones (excluding diaryl/α,β-unsaturated/α-hetero) is 1. The molecule has 3 rings (SSSR count). The van der Waals surface area contributed by atoms with Gasteiger partial charge in [-0.3, -0.25) is 18.7 Å². The summed E-state index contributed by atoms with van der Waals surface area (Å²) in [6.07, 6.45) is 1.24. The molecule has 0 unspecified atom stereocenters. The molecule has 212 valence electrons. The minimum absolute atomic E-state index is 0.0758. The molecule has 0 fully saturated rings. The highest BCUT2D eigenvalue weighted by atomic mass is 79.9.